The molecule has 0 atom stereocenters. The van der Waals surface area contributed by atoms with Crippen molar-refractivity contribution in [2.75, 3.05) is 6.54 Å². The van der Waals surface area contributed by atoms with Crippen molar-refractivity contribution in [2.45, 2.75) is 45.4 Å². The summed E-state index contributed by atoms with van der Waals surface area (Å²) in [6, 6.07) is 7.47. The standard InChI is InChI=1S/C17H23NO3/c1-2-13-8-4-5-9-14(13)15(19)18-12-17(16(20)21)10-6-3-7-11-17/h4-5,8-9H,2-3,6-7,10-12H2,1H3,(H,18,19)(H,20,21). The maximum absolute atomic E-state index is 12.3. The summed E-state index contributed by atoms with van der Waals surface area (Å²) < 4.78 is 0. The largest absolute Gasteiger partial charge is 0.481 e. The van der Waals surface area contributed by atoms with E-state index in [2.05, 4.69) is 5.32 Å². The lowest BCUT2D eigenvalue weighted by Gasteiger charge is -2.33. The van der Waals surface area contributed by atoms with Crippen molar-refractivity contribution in [3.8, 4) is 0 Å². The first kappa shape index (κ1) is 15.5. The van der Waals surface area contributed by atoms with Gasteiger partial charge in [0.25, 0.3) is 5.91 Å². The SMILES string of the molecule is CCc1ccccc1C(=O)NCC1(C(=O)O)CCCCC1. The number of aryl methyl sites for hydroxylation is 1. The molecule has 0 unspecified atom stereocenters. The van der Waals surface area contributed by atoms with Gasteiger partial charge in [-0.25, -0.2) is 0 Å². The molecule has 0 aromatic heterocycles. The van der Waals surface area contributed by atoms with Crippen molar-refractivity contribution in [1.82, 2.24) is 5.32 Å². The third-order valence-electron chi connectivity index (χ3n) is 4.49. The maximum Gasteiger partial charge on any atom is 0.311 e. The van der Waals surface area contributed by atoms with E-state index in [1.54, 1.807) is 6.07 Å². The highest BCUT2D eigenvalue weighted by atomic mass is 16.4. The number of carbonyl (C=O) groups is 2. The highest BCUT2D eigenvalue weighted by Gasteiger charge is 2.39. The minimum absolute atomic E-state index is 0.168. The summed E-state index contributed by atoms with van der Waals surface area (Å²) in [7, 11) is 0. The molecule has 1 fully saturated rings. The van der Waals surface area contributed by atoms with Crippen LogP contribution in [0.1, 0.15) is 54.9 Å². The molecule has 2 rings (SSSR count). The van der Waals surface area contributed by atoms with Crippen LogP contribution in [0.5, 0.6) is 0 Å². The zero-order valence-electron chi connectivity index (χ0n) is 12.5. The first-order valence-corrected chi connectivity index (χ1v) is 7.68. The Balaban J connectivity index is 2.07. The highest BCUT2D eigenvalue weighted by Crippen LogP contribution is 2.36. The molecule has 1 aromatic rings. The number of hydrogen-bond donors (Lipinski definition) is 2. The number of amides is 1. The fraction of sp³-hybridized carbons (Fsp3) is 0.529. The van der Waals surface area contributed by atoms with Crippen LogP contribution < -0.4 is 5.32 Å². The average molecular weight is 289 g/mol. The molecule has 0 bridgehead atoms. The molecule has 21 heavy (non-hydrogen) atoms. The predicted molar refractivity (Wildman–Crippen MR) is 81.3 cm³/mol. The smallest absolute Gasteiger partial charge is 0.311 e. The number of nitrogens with one attached hydrogen (secondary N) is 1. The summed E-state index contributed by atoms with van der Waals surface area (Å²) in [5.74, 6) is -0.954. The Bertz CT molecular complexity index is 519. The topological polar surface area (TPSA) is 66.4 Å². The van der Waals surface area contributed by atoms with Gasteiger partial charge in [-0.1, -0.05) is 44.4 Å². The van der Waals surface area contributed by atoms with Crippen LogP contribution in [-0.2, 0) is 11.2 Å². The second-order valence-corrected chi connectivity index (χ2v) is 5.84. The molecule has 4 nitrogen and oxygen atoms in total. The summed E-state index contributed by atoms with van der Waals surface area (Å²) in [4.78, 5) is 23.9. The van der Waals surface area contributed by atoms with E-state index in [0.29, 0.717) is 18.4 Å². The number of benzene rings is 1. The Hall–Kier alpha value is -1.84. The number of carboxylic acids is 1. The Morgan fingerprint density at radius 3 is 2.48 bits per heavy atom. The lowest BCUT2D eigenvalue weighted by atomic mass is 9.74. The third-order valence-corrected chi connectivity index (χ3v) is 4.49. The van der Waals surface area contributed by atoms with Crippen molar-refractivity contribution in [2.24, 2.45) is 5.41 Å². The van der Waals surface area contributed by atoms with Crippen LogP contribution in [0.15, 0.2) is 24.3 Å². The molecule has 2 N–H and O–H groups in total. The van der Waals surface area contributed by atoms with Gasteiger partial charge in [0.05, 0.1) is 5.41 Å². The van der Waals surface area contributed by atoms with Gasteiger partial charge in [0, 0.05) is 12.1 Å². The Morgan fingerprint density at radius 2 is 1.86 bits per heavy atom. The molecule has 1 aromatic carbocycles. The van der Waals surface area contributed by atoms with E-state index in [0.717, 1.165) is 31.2 Å². The molecule has 1 amide bonds. The number of hydrogen-bond acceptors (Lipinski definition) is 2. The molecule has 0 radical (unpaired) electrons. The molecule has 1 aliphatic carbocycles. The van der Waals surface area contributed by atoms with Crippen molar-refractivity contribution in [1.29, 1.82) is 0 Å². The summed E-state index contributed by atoms with van der Waals surface area (Å²) >= 11 is 0. The van der Waals surface area contributed by atoms with E-state index in [4.69, 9.17) is 0 Å². The van der Waals surface area contributed by atoms with E-state index < -0.39 is 11.4 Å². The van der Waals surface area contributed by atoms with Crippen molar-refractivity contribution < 1.29 is 14.7 Å². The van der Waals surface area contributed by atoms with Crippen molar-refractivity contribution in [3.63, 3.8) is 0 Å². The van der Waals surface area contributed by atoms with Gasteiger partial charge in [-0.2, -0.15) is 0 Å². The molecule has 0 heterocycles. The molecule has 0 spiro atoms. The number of aliphatic carboxylic acids is 1. The van der Waals surface area contributed by atoms with Crippen LogP contribution in [0.25, 0.3) is 0 Å². The second-order valence-electron chi connectivity index (χ2n) is 5.84. The van der Waals surface area contributed by atoms with Crippen LogP contribution in [0, 0.1) is 5.41 Å². The molecule has 0 saturated heterocycles. The molecular formula is C17H23NO3. The van der Waals surface area contributed by atoms with Crippen LogP contribution in [0.2, 0.25) is 0 Å². The van der Waals surface area contributed by atoms with Crippen molar-refractivity contribution in [3.05, 3.63) is 35.4 Å². The zero-order valence-corrected chi connectivity index (χ0v) is 12.5. The van der Waals surface area contributed by atoms with E-state index >= 15 is 0 Å². The molecule has 4 heteroatoms. The van der Waals surface area contributed by atoms with E-state index in [-0.39, 0.29) is 12.5 Å². The van der Waals surface area contributed by atoms with E-state index in [1.165, 1.54) is 0 Å². The predicted octanol–water partition coefficient (Wildman–Crippen LogP) is 3.01. The summed E-state index contributed by atoms with van der Waals surface area (Å²) in [6.45, 7) is 2.23. The zero-order chi connectivity index (χ0) is 15.3. The Labute approximate surface area is 125 Å². The lowest BCUT2D eigenvalue weighted by Crippen LogP contribution is -2.44. The number of carbonyl (C=O) groups excluding carboxylic acids is 1. The van der Waals surface area contributed by atoms with Gasteiger partial charge in [0.15, 0.2) is 0 Å². The fourth-order valence-corrected chi connectivity index (χ4v) is 3.09. The molecular weight excluding hydrogens is 266 g/mol. The van der Waals surface area contributed by atoms with Gasteiger partial charge >= 0.3 is 5.97 Å². The van der Waals surface area contributed by atoms with Gasteiger partial charge in [0.2, 0.25) is 0 Å². The summed E-state index contributed by atoms with van der Waals surface area (Å²) in [5, 5.41) is 12.4. The summed E-state index contributed by atoms with van der Waals surface area (Å²) in [5.41, 5.74) is 0.856. The molecule has 1 saturated carbocycles. The van der Waals surface area contributed by atoms with Gasteiger partial charge in [-0.15, -0.1) is 0 Å². The first-order valence-electron chi connectivity index (χ1n) is 7.68. The third kappa shape index (κ3) is 3.43. The minimum atomic E-state index is -0.786. The first-order chi connectivity index (χ1) is 10.1. The van der Waals surface area contributed by atoms with Gasteiger partial charge in [0.1, 0.15) is 0 Å². The van der Waals surface area contributed by atoms with Gasteiger partial charge in [-0.3, -0.25) is 9.59 Å². The van der Waals surface area contributed by atoms with Crippen LogP contribution >= 0.6 is 0 Å². The number of carboxylic acid groups (broad SMARTS) is 1. The molecule has 114 valence electrons. The minimum Gasteiger partial charge on any atom is -0.481 e. The van der Waals surface area contributed by atoms with Crippen molar-refractivity contribution >= 4 is 11.9 Å². The fourth-order valence-electron chi connectivity index (χ4n) is 3.09. The maximum atomic E-state index is 12.3. The Kier molecular flexibility index (Phi) is 4.99. The monoisotopic (exact) mass is 289 g/mol. The summed E-state index contributed by atoms with van der Waals surface area (Å²) in [6.07, 6.45) is 5.02. The van der Waals surface area contributed by atoms with Gasteiger partial charge in [-0.05, 0) is 30.9 Å². The van der Waals surface area contributed by atoms with E-state index in [9.17, 15) is 14.7 Å². The lowest BCUT2D eigenvalue weighted by molar-refractivity contribution is -0.150. The van der Waals surface area contributed by atoms with Crippen LogP contribution in [0.3, 0.4) is 0 Å². The van der Waals surface area contributed by atoms with Crippen LogP contribution in [0.4, 0.5) is 0 Å². The molecule has 1 aliphatic rings. The van der Waals surface area contributed by atoms with E-state index in [1.807, 2.05) is 25.1 Å². The molecule has 0 aliphatic heterocycles. The normalized spacial score (nSPS) is 17.2. The van der Waals surface area contributed by atoms with Crippen LogP contribution in [-0.4, -0.2) is 23.5 Å². The average Bonchev–Trinajstić information content (AvgIpc) is 2.53. The second kappa shape index (κ2) is 6.74. The Morgan fingerprint density at radius 1 is 1.19 bits per heavy atom. The quantitative estimate of drug-likeness (QED) is 0.875. The van der Waals surface area contributed by atoms with Gasteiger partial charge < -0.3 is 10.4 Å². The number of rotatable bonds is 5. The highest BCUT2D eigenvalue weighted by molar-refractivity contribution is 5.96.